The van der Waals surface area contributed by atoms with Gasteiger partial charge in [-0.25, -0.2) is 4.79 Å². The molecule has 0 N–H and O–H groups in total. The van der Waals surface area contributed by atoms with Crippen LogP contribution in [-0.2, 0) is 11.3 Å². The summed E-state index contributed by atoms with van der Waals surface area (Å²) in [6.45, 7) is 7.63. The molecule has 0 aliphatic carbocycles. The summed E-state index contributed by atoms with van der Waals surface area (Å²) in [5, 5.41) is 0. The number of likely N-dealkylation sites (tertiary alicyclic amines) is 1. The highest BCUT2D eigenvalue weighted by Crippen LogP contribution is 2.38. The highest BCUT2D eigenvalue weighted by atomic mass is 16.6. The lowest BCUT2D eigenvalue weighted by Gasteiger charge is -2.25. The highest BCUT2D eigenvalue weighted by molar-refractivity contribution is 5.68. The average molecular weight is 276 g/mol. The Morgan fingerprint density at radius 3 is 2.70 bits per heavy atom. The van der Waals surface area contributed by atoms with E-state index in [-0.39, 0.29) is 17.6 Å². The largest absolute Gasteiger partial charge is 0.444 e. The maximum Gasteiger partial charge on any atom is 0.410 e. The van der Waals surface area contributed by atoms with Crippen molar-refractivity contribution in [1.29, 1.82) is 0 Å². The summed E-state index contributed by atoms with van der Waals surface area (Å²) in [6, 6.07) is 5.38. The second-order valence-electron chi connectivity index (χ2n) is 6.65. The minimum atomic E-state index is -0.469. The number of hydrogen-bond donors (Lipinski definition) is 0. The Morgan fingerprint density at radius 1 is 1.25 bits per heavy atom. The first kappa shape index (κ1) is 13.2. The number of nitrogens with zero attached hydrogens (tertiary/aromatic N) is 2. The molecule has 2 aliphatic heterocycles. The van der Waals surface area contributed by atoms with Crippen LogP contribution >= 0.6 is 0 Å². The van der Waals surface area contributed by atoms with Crippen molar-refractivity contribution < 1.29 is 9.53 Å². The van der Waals surface area contributed by atoms with Crippen LogP contribution in [0.3, 0.4) is 0 Å². The SMILES string of the molecule is CC(C)(C)OC(=O)N1CC2Cn3c(cccc3=O)C2C1. The van der Waals surface area contributed by atoms with Gasteiger partial charge in [0.1, 0.15) is 5.60 Å². The van der Waals surface area contributed by atoms with Crippen LogP contribution in [0.5, 0.6) is 0 Å². The third kappa shape index (κ3) is 2.21. The van der Waals surface area contributed by atoms with E-state index in [0.717, 1.165) is 5.69 Å². The van der Waals surface area contributed by atoms with Gasteiger partial charge in [0, 0.05) is 43.2 Å². The smallest absolute Gasteiger partial charge is 0.410 e. The summed E-state index contributed by atoms with van der Waals surface area (Å²) in [4.78, 5) is 25.7. The Hall–Kier alpha value is -1.78. The normalized spacial score (nSPS) is 24.4. The second kappa shape index (κ2) is 4.36. The zero-order valence-corrected chi connectivity index (χ0v) is 12.1. The number of ether oxygens (including phenoxy) is 1. The van der Waals surface area contributed by atoms with E-state index >= 15 is 0 Å². The van der Waals surface area contributed by atoms with E-state index in [4.69, 9.17) is 4.74 Å². The van der Waals surface area contributed by atoms with Gasteiger partial charge in [0.15, 0.2) is 0 Å². The number of aromatic nitrogens is 1. The lowest BCUT2D eigenvalue weighted by molar-refractivity contribution is 0.0283. The van der Waals surface area contributed by atoms with E-state index in [1.165, 1.54) is 0 Å². The van der Waals surface area contributed by atoms with Gasteiger partial charge in [-0.2, -0.15) is 0 Å². The highest BCUT2D eigenvalue weighted by Gasteiger charge is 2.43. The summed E-state index contributed by atoms with van der Waals surface area (Å²) in [5.41, 5.74) is 0.637. The number of hydrogen-bond acceptors (Lipinski definition) is 3. The van der Waals surface area contributed by atoms with Crippen LogP contribution in [-0.4, -0.2) is 34.3 Å². The molecule has 0 saturated carbocycles. The number of amides is 1. The van der Waals surface area contributed by atoms with E-state index < -0.39 is 5.60 Å². The summed E-state index contributed by atoms with van der Waals surface area (Å²) < 4.78 is 7.25. The van der Waals surface area contributed by atoms with Gasteiger partial charge in [0.05, 0.1) is 0 Å². The molecule has 1 aromatic heterocycles. The third-order valence-corrected chi connectivity index (χ3v) is 3.97. The van der Waals surface area contributed by atoms with Crippen molar-refractivity contribution in [2.24, 2.45) is 5.92 Å². The maximum absolute atomic E-state index is 12.1. The Kier molecular flexibility index (Phi) is 2.88. The topological polar surface area (TPSA) is 51.5 Å². The monoisotopic (exact) mass is 276 g/mol. The summed E-state index contributed by atoms with van der Waals surface area (Å²) in [7, 11) is 0. The summed E-state index contributed by atoms with van der Waals surface area (Å²) >= 11 is 0. The van der Waals surface area contributed by atoms with Gasteiger partial charge in [0.2, 0.25) is 0 Å². The molecule has 0 bridgehead atoms. The van der Waals surface area contributed by atoms with E-state index in [0.29, 0.717) is 25.6 Å². The van der Waals surface area contributed by atoms with Crippen molar-refractivity contribution >= 4 is 6.09 Å². The molecule has 1 aromatic rings. The molecular formula is C15H20N2O3. The number of carbonyl (C=O) groups is 1. The molecule has 0 aromatic carbocycles. The molecule has 0 spiro atoms. The van der Waals surface area contributed by atoms with Gasteiger partial charge in [-0.05, 0) is 26.8 Å². The molecule has 1 fully saturated rings. The molecule has 1 amide bonds. The molecule has 2 unspecified atom stereocenters. The molecule has 5 nitrogen and oxygen atoms in total. The van der Waals surface area contributed by atoms with Crippen LogP contribution in [0, 0.1) is 5.92 Å². The molecule has 3 heterocycles. The molecule has 0 radical (unpaired) electrons. The Bertz CT molecular complexity index is 600. The quantitative estimate of drug-likeness (QED) is 0.726. The minimum absolute atomic E-state index is 0.0562. The molecule has 1 saturated heterocycles. The van der Waals surface area contributed by atoms with Crippen molar-refractivity contribution in [2.45, 2.75) is 38.8 Å². The van der Waals surface area contributed by atoms with Crippen molar-refractivity contribution in [3.05, 3.63) is 34.2 Å². The third-order valence-electron chi connectivity index (χ3n) is 3.97. The van der Waals surface area contributed by atoms with Gasteiger partial charge < -0.3 is 14.2 Å². The fraction of sp³-hybridized carbons (Fsp3) is 0.600. The van der Waals surface area contributed by atoms with Gasteiger partial charge in [-0.3, -0.25) is 4.79 Å². The van der Waals surface area contributed by atoms with E-state index in [9.17, 15) is 9.59 Å². The van der Waals surface area contributed by atoms with Crippen LogP contribution in [0.4, 0.5) is 4.79 Å². The van der Waals surface area contributed by atoms with Gasteiger partial charge in [-0.15, -0.1) is 0 Å². The average Bonchev–Trinajstić information content (AvgIpc) is 2.85. The molecule has 3 rings (SSSR count). The lowest BCUT2D eigenvalue weighted by Crippen LogP contribution is -2.36. The number of fused-ring (bicyclic) bond motifs is 3. The number of pyridine rings is 1. The van der Waals surface area contributed by atoms with Gasteiger partial charge >= 0.3 is 6.09 Å². The Labute approximate surface area is 118 Å². The molecule has 5 heteroatoms. The Morgan fingerprint density at radius 2 is 2.00 bits per heavy atom. The van der Waals surface area contributed by atoms with E-state index in [2.05, 4.69) is 0 Å². The first-order valence-corrected chi connectivity index (χ1v) is 7.03. The zero-order chi connectivity index (χ0) is 14.5. The first-order chi connectivity index (χ1) is 9.35. The number of carbonyl (C=O) groups excluding carboxylic acids is 1. The zero-order valence-electron chi connectivity index (χ0n) is 12.1. The minimum Gasteiger partial charge on any atom is -0.444 e. The fourth-order valence-electron chi connectivity index (χ4n) is 3.16. The predicted octanol–water partition coefficient (Wildman–Crippen LogP) is 1.81. The van der Waals surface area contributed by atoms with Crippen molar-refractivity contribution in [3.63, 3.8) is 0 Å². The first-order valence-electron chi connectivity index (χ1n) is 7.03. The molecule has 2 aliphatic rings. The maximum atomic E-state index is 12.1. The summed E-state index contributed by atoms with van der Waals surface area (Å²) in [5.74, 6) is 0.592. The van der Waals surface area contributed by atoms with Crippen molar-refractivity contribution in [1.82, 2.24) is 9.47 Å². The predicted molar refractivity (Wildman–Crippen MR) is 74.7 cm³/mol. The van der Waals surface area contributed by atoms with Crippen molar-refractivity contribution in [3.8, 4) is 0 Å². The van der Waals surface area contributed by atoms with Crippen LogP contribution < -0.4 is 5.56 Å². The molecule has 2 atom stereocenters. The molecular weight excluding hydrogens is 256 g/mol. The second-order valence-corrected chi connectivity index (χ2v) is 6.65. The van der Waals surface area contributed by atoms with Crippen molar-refractivity contribution in [2.75, 3.05) is 13.1 Å². The van der Waals surface area contributed by atoms with Gasteiger partial charge in [-0.1, -0.05) is 6.07 Å². The van der Waals surface area contributed by atoms with Gasteiger partial charge in [0.25, 0.3) is 5.56 Å². The summed E-state index contributed by atoms with van der Waals surface area (Å²) in [6.07, 6.45) is -0.253. The van der Waals surface area contributed by atoms with Crippen LogP contribution in [0.25, 0.3) is 0 Å². The molecule has 20 heavy (non-hydrogen) atoms. The van der Waals surface area contributed by atoms with Crippen LogP contribution in [0.15, 0.2) is 23.0 Å². The van der Waals surface area contributed by atoms with E-state index in [1.807, 2.05) is 31.4 Å². The standard InChI is InChI=1S/C15H20N2O3/c1-15(2,3)20-14(19)16-7-10-8-17-12(11(10)9-16)5-4-6-13(17)18/h4-6,10-11H,7-9H2,1-3H3. The fourth-order valence-corrected chi connectivity index (χ4v) is 3.16. The van der Waals surface area contributed by atoms with Crippen LogP contribution in [0.2, 0.25) is 0 Å². The van der Waals surface area contributed by atoms with Crippen LogP contribution in [0.1, 0.15) is 32.4 Å². The molecule has 108 valence electrons. The number of rotatable bonds is 0. The van der Waals surface area contributed by atoms with E-state index in [1.54, 1.807) is 17.0 Å². The Balaban J connectivity index is 1.77. The lowest BCUT2D eigenvalue weighted by atomic mass is 9.97.